The molecule has 0 heterocycles. The maximum absolute atomic E-state index is 10.9. The van der Waals surface area contributed by atoms with E-state index in [1.165, 1.54) is 16.0 Å². The quantitative estimate of drug-likeness (QED) is 0.836. The van der Waals surface area contributed by atoms with E-state index in [2.05, 4.69) is 38.1 Å². The second kappa shape index (κ2) is 6.28. The standard InChI is InChI=1S/C14H22N2O/c1-4-11(2)13-7-5-12(6-8-13)9-10-16(3)14(15)17/h5-8,11H,4,9-10H2,1-3H3,(H2,15,17). The molecule has 1 rings (SSSR count). The Hall–Kier alpha value is -1.51. The maximum atomic E-state index is 10.9. The molecule has 2 amide bonds. The molecular weight excluding hydrogens is 212 g/mol. The summed E-state index contributed by atoms with van der Waals surface area (Å²) in [4.78, 5) is 12.4. The first-order valence-corrected chi connectivity index (χ1v) is 6.14. The van der Waals surface area contributed by atoms with Gasteiger partial charge in [0.25, 0.3) is 0 Å². The fourth-order valence-electron chi connectivity index (χ4n) is 1.66. The number of urea groups is 1. The monoisotopic (exact) mass is 234 g/mol. The van der Waals surface area contributed by atoms with Crippen molar-refractivity contribution in [1.29, 1.82) is 0 Å². The van der Waals surface area contributed by atoms with Crippen LogP contribution in [0.25, 0.3) is 0 Å². The lowest BCUT2D eigenvalue weighted by atomic mass is 9.97. The number of nitrogens with zero attached hydrogens (tertiary/aromatic N) is 1. The second-order valence-electron chi connectivity index (χ2n) is 4.56. The number of benzene rings is 1. The Kier molecular flexibility index (Phi) is 5.01. The molecule has 1 aromatic rings. The zero-order valence-corrected chi connectivity index (χ0v) is 10.9. The second-order valence-corrected chi connectivity index (χ2v) is 4.56. The summed E-state index contributed by atoms with van der Waals surface area (Å²) in [5.41, 5.74) is 7.78. The molecule has 0 spiro atoms. The zero-order valence-electron chi connectivity index (χ0n) is 10.9. The van der Waals surface area contributed by atoms with Crippen LogP contribution >= 0.6 is 0 Å². The number of carbonyl (C=O) groups is 1. The van der Waals surface area contributed by atoms with E-state index < -0.39 is 0 Å². The molecule has 1 unspecified atom stereocenters. The van der Waals surface area contributed by atoms with Crippen molar-refractivity contribution in [2.24, 2.45) is 5.73 Å². The average Bonchev–Trinajstić information content (AvgIpc) is 2.35. The number of likely N-dealkylation sites (N-methyl/N-ethyl adjacent to an activating group) is 1. The molecule has 3 nitrogen and oxygen atoms in total. The number of rotatable bonds is 5. The van der Waals surface area contributed by atoms with Gasteiger partial charge in [-0.3, -0.25) is 0 Å². The third-order valence-corrected chi connectivity index (χ3v) is 3.27. The van der Waals surface area contributed by atoms with Crippen LogP contribution in [0.3, 0.4) is 0 Å². The van der Waals surface area contributed by atoms with Gasteiger partial charge < -0.3 is 10.6 Å². The SMILES string of the molecule is CCC(C)c1ccc(CCN(C)C(N)=O)cc1. The predicted octanol–water partition coefficient (Wildman–Crippen LogP) is 2.75. The lowest BCUT2D eigenvalue weighted by molar-refractivity contribution is 0.219. The first-order valence-electron chi connectivity index (χ1n) is 6.14. The van der Waals surface area contributed by atoms with Crippen LogP contribution in [0.2, 0.25) is 0 Å². The zero-order chi connectivity index (χ0) is 12.8. The number of nitrogens with two attached hydrogens (primary N) is 1. The molecule has 0 fully saturated rings. The van der Waals surface area contributed by atoms with Crippen molar-refractivity contribution in [1.82, 2.24) is 4.90 Å². The van der Waals surface area contributed by atoms with E-state index in [4.69, 9.17) is 5.73 Å². The molecule has 0 aliphatic rings. The Bertz CT molecular complexity index is 359. The smallest absolute Gasteiger partial charge is 0.314 e. The maximum Gasteiger partial charge on any atom is 0.314 e. The van der Waals surface area contributed by atoms with E-state index in [1.807, 2.05) is 0 Å². The number of amides is 2. The van der Waals surface area contributed by atoms with Crippen LogP contribution in [0.5, 0.6) is 0 Å². The minimum Gasteiger partial charge on any atom is -0.351 e. The molecule has 3 heteroatoms. The molecule has 0 bridgehead atoms. The third-order valence-electron chi connectivity index (χ3n) is 3.27. The summed E-state index contributed by atoms with van der Waals surface area (Å²) in [7, 11) is 1.72. The fourth-order valence-corrected chi connectivity index (χ4v) is 1.66. The molecule has 1 atom stereocenters. The number of hydrogen-bond acceptors (Lipinski definition) is 1. The van der Waals surface area contributed by atoms with Gasteiger partial charge in [-0.2, -0.15) is 0 Å². The van der Waals surface area contributed by atoms with E-state index in [0.29, 0.717) is 12.5 Å². The van der Waals surface area contributed by atoms with Crippen LogP contribution in [-0.4, -0.2) is 24.5 Å². The molecule has 17 heavy (non-hydrogen) atoms. The van der Waals surface area contributed by atoms with Crippen LogP contribution < -0.4 is 5.73 Å². The van der Waals surface area contributed by atoms with Gasteiger partial charge in [0.1, 0.15) is 0 Å². The topological polar surface area (TPSA) is 46.3 Å². The van der Waals surface area contributed by atoms with Gasteiger partial charge in [0.15, 0.2) is 0 Å². The van der Waals surface area contributed by atoms with Gasteiger partial charge in [-0.1, -0.05) is 38.1 Å². The van der Waals surface area contributed by atoms with E-state index in [-0.39, 0.29) is 6.03 Å². The van der Waals surface area contributed by atoms with Gasteiger partial charge in [0.05, 0.1) is 0 Å². The molecule has 0 saturated carbocycles. The average molecular weight is 234 g/mol. The lowest BCUT2D eigenvalue weighted by Gasteiger charge is -2.14. The molecule has 1 aromatic carbocycles. The lowest BCUT2D eigenvalue weighted by Crippen LogP contribution is -2.33. The molecule has 0 aromatic heterocycles. The number of primary amides is 1. The van der Waals surface area contributed by atoms with Gasteiger partial charge in [0, 0.05) is 13.6 Å². The highest BCUT2D eigenvalue weighted by Gasteiger charge is 2.05. The number of carbonyl (C=O) groups excluding carboxylic acids is 1. The Morgan fingerprint density at radius 3 is 2.41 bits per heavy atom. The summed E-state index contributed by atoms with van der Waals surface area (Å²) in [6.45, 7) is 5.09. The summed E-state index contributed by atoms with van der Waals surface area (Å²) < 4.78 is 0. The van der Waals surface area contributed by atoms with Crippen LogP contribution in [0.1, 0.15) is 37.3 Å². The summed E-state index contributed by atoms with van der Waals surface area (Å²) in [5, 5.41) is 0. The van der Waals surface area contributed by atoms with Crippen molar-refractivity contribution in [2.45, 2.75) is 32.6 Å². The van der Waals surface area contributed by atoms with Crippen molar-refractivity contribution in [2.75, 3.05) is 13.6 Å². The Morgan fingerprint density at radius 2 is 1.94 bits per heavy atom. The predicted molar refractivity (Wildman–Crippen MR) is 71.1 cm³/mol. The van der Waals surface area contributed by atoms with Crippen molar-refractivity contribution < 1.29 is 4.79 Å². The van der Waals surface area contributed by atoms with Gasteiger partial charge in [0.2, 0.25) is 0 Å². The summed E-state index contributed by atoms with van der Waals surface area (Å²) >= 11 is 0. The van der Waals surface area contributed by atoms with Crippen LogP contribution in [-0.2, 0) is 6.42 Å². The van der Waals surface area contributed by atoms with E-state index in [0.717, 1.165) is 12.8 Å². The van der Waals surface area contributed by atoms with E-state index >= 15 is 0 Å². The van der Waals surface area contributed by atoms with Gasteiger partial charge in [-0.25, -0.2) is 4.79 Å². The Balaban J connectivity index is 2.54. The molecule has 94 valence electrons. The largest absolute Gasteiger partial charge is 0.351 e. The molecular formula is C14H22N2O. The highest BCUT2D eigenvalue weighted by atomic mass is 16.2. The third kappa shape index (κ3) is 4.10. The van der Waals surface area contributed by atoms with Crippen molar-refractivity contribution in [3.8, 4) is 0 Å². The molecule has 0 saturated heterocycles. The highest BCUT2D eigenvalue weighted by Crippen LogP contribution is 2.18. The van der Waals surface area contributed by atoms with Crippen molar-refractivity contribution in [3.63, 3.8) is 0 Å². The van der Waals surface area contributed by atoms with Gasteiger partial charge >= 0.3 is 6.03 Å². The summed E-state index contributed by atoms with van der Waals surface area (Å²) in [5.74, 6) is 0.609. The summed E-state index contributed by atoms with van der Waals surface area (Å²) in [6, 6.07) is 8.25. The Labute approximate surface area is 104 Å². The van der Waals surface area contributed by atoms with Crippen LogP contribution in [0.4, 0.5) is 4.79 Å². The fraction of sp³-hybridized carbons (Fsp3) is 0.500. The minimum atomic E-state index is -0.374. The van der Waals surface area contributed by atoms with Crippen LogP contribution in [0, 0.1) is 0 Å². The van der Waals surface area contributed by atoms with E-state index in [9.17, 15) is 4.79 Å². The van der Waals surface area contributed by atoms with E-state index in [1.54, 1.807) is 7.05 Å². The summed E-state index contributed by atoms with van der Waals surface area (Å²) in [6.07, 6.45) is 2.00. The van der Waals surface area contributed by atoms with Crippen molar-refractivity contribution >= 4 is 6.03 Å². The Morgan fingerprint density at radius 1 is 1.35 bits per heavy atom. The van der Waals surface area contributed by atoms with Crippen molar-refractivity contribution in [3.05, 3.63) is 35.4 Å². The molecule has 0 aliphatic carbocycles. The van der Waals surface area contributed by atoms with Gasteiger partial charge in [-0.15, -0.1) is 0 Å². The normalized spacial score (nSPS) is 12.2. The van der Waals surface area contributed by atoms with Gasteiger partial charge in [-0.05, 0) is 29.9 Å². The number of hydrogen-bond donors (Lipinski definition) is 1. The highest BCUT2D eigenvalue weighted by molar-refractivity contribution is 5.71. The molecule has 0 radical (unpaired) electrons. The first kappa shape index (κ1) is 13.6. The first-order chi connectivity index (χ1) is 8.04. The minimum absolute atomic E-state index is 0.374. The molecule has 0 aliphatic heterocycles. The molecule has 2 N–H and O–H groups in total. The van der Waals surface area contributed by atoms with Crippen LogP contribution in [0.15, 0.2) is 24.3 Å².